The third-order valence-electron chi connectivity index (χ3n) is 9.52. The molecule has 0 N–H and O–H groups in total. The van der Waals surface area contributed by atoms with E-state index >= 15 is 0 Å². The Hall–Kier alpha value is -6.57. The van der Waals surface area contributed by atoms with Gasteiger partial charge in [0, 0.05) is 38.3 Å². The fraction of sp³-hybridized carbons (Fsp3) is 0. The Morgan fingerprint density at radius 3 is 1.74 bits per heavy atom. The van der Waals surface area contributed by atoms with Crippen molar-refractivity contribution in [3.05, 3.63) is 157 Å². The zero-order chi connectivity index (χ0) is 31.1. The lowest BCUT2D eigenvalue weighted by Gasteiger charge is -2.13. The molecule has 0 bridgehead atoms. The Labute approximate surface area is 269 Å². The molecule has 4 heteroatoms. The lowest BCUT2D eigenvalue weighted by molar-refractivity contribution is 0.673. The fourth-order valence-corrected chi connectivity index (χ4v) is 7.49. The molecule has 10 aromatic rings. The van der Waals surface area contributed by atoms with E-state index in [-0.39, 0.29) is 0 Å². The number of rotatable bonds is 3. The van der Waals surface area contributed by atoms with Crippen LogP contribution in [0.4, 0.5) is 0 Å². The molecule has 4 nitrogen and oxygen atoms in total. The number of fused-ring (bicyclic) bond motifs is 10. The highest BCUT2D eigenvalue weighted by molar-refractivity contribution is 6.23. The number of hydrogen-bond donors (Lipinski definition) is 0. The van der Waals surface area contributed by atoms with Crippen molar-refractivity contribution in [3.63, 3.8) is 0 Å². The average molecular weight is 600 g/mol. The van der Waals surface area contributed by atoms with Crippen LogP contribution in [0.5, 0.6) is 0 Å². The molecule has 0 radical (unpaired) electrons. The van der Waals surface area contributed by atoms with Gasteiger partial charge in [-0.15, -0.1) is 0 Å². The molecule has 0 saturated carbocycles. The molecular formula is C43H25N3O. The van der Waals surface area contributed by atoms with Gasteiger partial charge in [0.1, 0.15) is 11.2 Å². The summed E-state index contributed by atoms with van der Waals surface area (Å²) in [6.07, 6.45) is 0. The Bertz CT molecular complexity index is 2860. The van der Waals surface area contributed by atoms with Gasteiger partial charge >= 0.3 is 0 Å². The van der Waals surface area contributed by atoms with Crippen molar-refractivity contribution in [2.24, 2.45) is 0 Å². The van der Waals surface area contributed by atoms with E-state index in [9.17, 15) is 5.26 Å². The minimum absolute atomic E-state index is 0.626. The van der Waals surface area contributed by atoms with Gasteiger partial charge in [0.05, 0.1) is 39.1 Å². The highest BCUT2D eigenvalue weighted by Gasteiger charge is 2.19. The molecule has 0 unspecified atom stereocenters. The maximum Gasteiger partial charge on any atom is 0.145 e. The number of benzene rings is 7. The summed E-state index contributed by atoms with van der Waals surface area (Å²) in [5.74, 6) is 0. The van der Waals surface area contributed by atoms with Crippen molar-refractivity contribution < 1.29 is 4.42 Å². The third-order valence-corrected chi connectivity index (χ3v) is 9.52. The molecule has 10 rings (SSSR count). The van der Waals surface area contributed by atoms with Gasteiger partial charge in [0.2, 0.25) is 0 Å². The minimum Gasteiger partial charge on any atom is -0.455 e. The smallest absolute Gasteiger partial charge is 0.145 e. The summed E-state index contributed by atoms with van der Waals surface area (Å²) >= 11 is 0. The molecule has 0 aliphatic rings. The van der Waals surface area contributed by atoms with E-state index in [0.29, 0.717) is 5.56 Å². The Kier molecular flexibility index (Phi) is 5.32. The van der Waals surface area contributed by atoms with Crippen LogP contribution in [0.15, 0.2) is 156 Å². The first-order chi connectivity index (χ1) is 23.3. The zero-order valence-electron chi connectivity index (χ0n) is 25.2. The first-order valence-electron chi connectivity index (χ1n) is 15.7. The van der Waals surface area contributed by atoms with Crippen molar-refractivity contribution in [2.75, 3.05) is 0 Å². The van der Waals surface area contributed by atoms with Gasteiger partial charge in [-0.1, -0.05) is 84.9 Å². The number of nitrogens with zero attached hydrogens (tertiary/aromatic N) is 3. The lowest BCUT2D eigenvalue weighted by atomic mass is 10.0. The molecular weight excluding hydrogens is 574 g/mol. The van der Waals surface area contributed by atoms with Gasteiger partial charge in [-0.2, -0.15) is 5.26 Å². The second-order valence-electron chi connectivity index (χ2n) is 12.1. The van der Waals surface area contributed by atoms with E-state index in [1.54, 1.807) is 0 Å². The standard InChI is InChI=1S/C43H25N3O/c44-26-27-23-29(25-31(24-27)46-37-13-5-1-9-32(37)33-10-2-6-14-38(33)46)28-17-19-30(20-18-28)45-39-15-7-3-12-36(39)42-40(45)22-21-35-34-11-4-8-16-41(34)47-43(35)42/h1-25H. The van der Waals surface area contributed by atoms with Gasteiger partial charge < -0.3 is 13.6 Å². The van der Waals surface area contributed by atoms with Crippen molar-refractivity contribution in [2.45, 2.75) is 0 Å². The highest BCUT2D eigenvalue weighted by Crippen LogP contribution is 2.41. The fourth-order valence-electron chi connectivity index (χ4n) is 7.49. The number of para-hydroxylation sites is 4. The molecule has 0 aliphatic carbocycles. The molecule has 3 aromatic heterocycles. The largest absolute Gasteiger partial charge is 0.455 e. The molecule has 0 fully saturated rings. The minimum atomic E-state index is 0.626. The van der Waals surface area contributed by atoms with Crippen LogP contribution in [0.1, 0.15) is 5.56 Å². The molecule has 218 valence electrons. The van der Waals surface area contributed by atoms with Crippen LogP contribution < -0.4 is 0 Å². The Morgan fingerprint density at radius 2 is 1.04 bits per heavy atom. The molecule has 0 saturated heterocycles. The normalized spacial score (nSPS) is 11.8. The van der Waals surface area contributed by atoms with Crippen molar-refractivity contribution in [1.29, 1.82) is 5.26 Å². The van der Waals surface area contributed by atoms with Crippen molar-refractivity contribution >= 4 is 65.6 Å². The SMILES string of the molecule is N#Cc1cc(-c2ccc(-n3c4ccccc4c4c5oc6ccccc6c5ccc43)cc2)cc(-n2c3ccccc3c3ccccc32)c1. The van der Waals surface area contributed by atoms with Crippen LogP contribution in [0.25, 0.3) is 88.1 Å². The highest BCUT2D eigenvalue weighted by atomic mass is 16.3. The lowest BCUT2D eigenvalue weighted by Crippen LogP contribution is -1.96. The van der Waals surface area contributed by atoms with Gasteiger partial charge in [-0.25, -0.2) is 0 Å². The summed E-state index contributed by atoms with van der Waals surface area (Å²) in [6.45, 7) is 0. The second-order valence-corrected chi connectivity index (χ2v) is 12.1. The van der Waals surface area contributed by atoms with E-state index in [2.05, 4.69) is 143 Å². The molecule has 47 heavy (non-hydrogen) atoms. The maximum atomic E-state index is 10.1. The van der Waals surface area contributed by atoms with Crippen LogP contribution in [-0.2, 0) is 0 Å². The van der Waals surface area contributed by atoms with Gasteiger partial charge in [-0.3, -0.25) is 0 Å². The van der Waals surface area contributed by atoms with Crippen LogP contribution in [0, 0.1) is 11.3 Å². The average Bonchev–Trinajstić information content (AvgIpc) is 3.79. The summed E-state index contributed by atoms with van der Waals surface area (Å²) in [6, 6.07) is 55.3. The zero-order valence-corrected chi connectivity index (χ0v) is 25.2. The summed E-state index contributed by atoms with van der Waals surface area (Å²) in [4.78, 5) is 0. The summed E-state index contributed by atoms with van der Waals surface area (Å²) < 4.78 is 11.1. The van der Waals surface area contributed by atoms with E-state index in [1.807, 2.05) is 24.3 Å². The molecule has 0 atom stereocenters. The van der Waals surface area contributed by atoms with Crippen molar-refractivity contribution in [3.8, 4) is 28.6 Å². The first kappa shape index (κ1) is 25.7. The third kappa shape index (κ3) is 3.69. The molecule has 0 spiro atoms. The number of hydrogen-bond acceptors (Lipinski definition) is 2. The van der Waals surface area contributed by atoms with Gasteiger partial charge in [0.25, 0.3) is 0 Å². The Balaban J connectivity index is 1.14. The number of aromatic nitrogens is 2. The summed E-state index contributed by atoms with van der Waals surface area (Å²) in [7, 11) is 0. The van der Waals surface area contributed by atoms with E-state index in [1.165, 1.54) is 10.8 Å². The monoisotopic (exact) mass is 599 g/mol. The van der Waals surface area contributed by atoms with E-state index in [4.69, 9.17) is 4.42 Å². The molecule has 3 heterocycles. The van der Waals surface area contributed by atoms with Gasteiger partial charge in [0.15, 0.2) is 0 Å². The van der Waals surface area contributed by atoms with Crippen LogP contribution in [0.3, 0.4) is 0 Å². The number of nitriles is 1. The first-order valence-corrected chi connectivity index (χ1v) is 15.7. The molecule has 0 amide bonds. The van der Waals surface area contributed by atoms with Crippen LogP contribution in [-0.4, -0.2) is 9.13 Å². The van der Waals surface area contributed by atoms with Crippen molar-refractivity contribution in [1.82, 2.24) is 9.13 Å². The van der Waals surface area contributed by atoms with Crippen LogP contribution >= 0.6 is 0 Å². The summed E-state index contributed by atoms with van der Waals surface area (Å²) in [5.41, 5.74) is 11.0. The maximum absolute atomic E-state index is 10.1. The van der Waals surface area contributed by atoms with E-state index < -0.39 is 0 Å². The van der Waals surface area contributed by atoms with Gasteiger partial charge in [-0.05, 0) is 77.9 Å². The predicted molar refractivity (Wildman–Crippen MR) is 193 cm³/mol. The second kappa shape index (κ2) is 9.71. The topological polar surface area (TPSA) is 46.8 Å². The van der Waals surface area contributed by atoms with Crippen LogP contribution in [0.2, 0.25) is 0 Å². The quantitative estimate of drug-likeness (QED) is 0.203. The molecule has 0 aliphatic heterocycles. The predicted octanol–water partition coefficient (Wildman–Crippen LogP) is 11.3. The Morgan fingerprint density at radius 1 is 0.447 bits per heavy atom. The number of furan rings is 1. The van der Waals surface area contributed by atoms with E-state index in [0.717, 1.165) is 77.3 Å². The molecule has 7 aromatic carbocycles. The summed E-state index contributed by atoms with van der Waals surface area (Å²) in [5, 5.41) is 17.0.